The molecule has 2 aromatic rings. The van der Waals surface area contributed by atoms with Gasteiger partial charge in [-0.3, -0.25) is 9.69 Å². The Morgan fingerprint density at radius 1 is 1.30 bits per heavy atom. The molecule has 0 N–H and O–H groups in total. The third-order valence-corrected chi connectivity index (χ3v) is 4.18. The molecule has 0 fully saturated rings. The van der Waals surface area contributed by atoms with Crippen LogP contribution in [0.15, 0.2) is 36.4 Å². The normalized spacial score (nSPS) is 15.1. The molecule has 0 bridgehead atoms. The summed E-state index contributed by atoms with van der Waals surface area (Å²) >= 11 is 0. The van der Waals surface area contributed by atoms with Crippen LogP contribution in [0.3, 0.4) is 0 Å². The number of aryl methyl sites for hydroxylation is 1. The molecule has 8 nitrogen and oxygen atoms in total. The minimum atomic E-state index is -1.07. The average molecular weight is 371 g/mol. The van der Waals surface area contributed by atoms with Crippen molar-refractivity contribution >= 4 is 17.5 Å². The summed E-state index contributed by atoms with van der Waals surface area (Å²) in [5, 5.41) is 11.0. The van der Waals surface area contributed by atoms with Gasteiger partial charge in [-0.05, 0) is 60.9 Å². The second kappa shape index (κ2) is 7.22. The van der Waals surface area contributed by atoms with Gasteiger partial charge in [0.1, 0.15) is 5.75 Å². The van der Waals surface area contributed by atoms with Crippen molar-refractivity contribution in [3.63, 3.8) is 0 Å². The van der Waals surface area contributed by atoms with E-state index in [1.54, 1.807) is 13.8 Å². The lowest BCUT2D eigenvalue weighted by Gasteiger charge is -2.35. The monoisotopic (exact) mass is 371 g/mol. The zero-order valence-electron chi connectivity index (χ0n) is 15.5. The van der Waals surface area contributed by atoms with E-state index in [0.717, 1.165) is 11.3 Å². The third-order valence-electron chi connectivity index (χ3n) is 4.18. The molecule has 0 saturated heterocycles. The van der Waals surface area contributed by atoms with Gasteiger partial charge in [-0.15, -0.1) is 0 Å². The van der Waals surface area contributed by atoms with E-state index in [1.165, 1.54) is 17.0 Å². The number of hydrogen-bond donors (Lipinski definition) is 0. The first-order valence-corrected chi connectivity index (χ1v) is 8.64. The fourth-order valence-electron chi connectivity index (χ4n) is 2.87. The van der Waals surface area contributed by atoms with Crippen LogP contribution < -0.4 is 14.4 Å². The quantitative estimate of drug-likeness (QED) is 0.439. The van der Waals surface area contributed by atoms with Crippen LogP contribution in [0.25, 0.3) is 0 Å². The Kier molecular flexibility index (Phi) is 4.98. The molecule has 0 atom stereocenters. The van der Waals surface area contributed by atoms with E-state index < -0.39 is 10.5 Å². The van der Waals surface area contributed by atoms with Crippen molar-refractivity contribution in [3.8, 4) is 11.5 Å². The molecule has 8 heteroatoms. The molecule has 2 heterocycles. The largest absolute Gasteiger partial charge is 0.494 e. The highest BCUT2D eigenvalue weighted by Gasteiger charge is 2.44. The number of pyridine rings is 1. The average Bonchev–Trinajstić information content (AvgIpc) is 2.61. The van der Waals surface area contributed by atoms with Crippen molar-refractivity contribution in [2.75, 3.05) is 18.1 Å². The lowest BCUT2D eigenvalue weighted by Crippen LogP contribution is -2.53. The lowest BCUT2D eigenvalue weighted by atomic mass is 10.1. The zero-order valence-corrected chi connectivity index (χ0v) is 15.5. The summed E-state index contributed by atoms with van der Waals surface area (Å²) in [6, 6.07) is 10.4. The number of hydrogen-bond acceptors (Lipinski definition) is 6. The van der Waals surface area contributed by atoms with Crippen LogP contribution >= 0.6 is 0 Å². The van der Waals surface area contributed by atoms with Gasteiger partial charge in [0.25, 0.3) is 11.7 Å². The van der Waals surface area contributed by atoms with Gasteiger partial charge in [0, 0.05) is 12.6 Å². The Bertz CT molecular complexity index is 881. The molecular formula is C19H21N3O5. The summed E-state index contributed by atoms with van der Waals surface area (Å²) in [4.78, 5) is 28.6. The van der Waals surface area contributed by atoms with Crippen molar-refractivity contribution in [2.24, 2.45) is 0 Å². The van der Waals surface area contributed by atoms with E-state index in [-0.39, 0.29) is 17.5 Å². The summed E-state index contributed by atoms with van der Waals surface area (Å²) in [6.07, 6.45) is 0.541. The number of carbonyl (C=O) groups is 1. The fraction of sp³-hybridized carbons (Fsp3) is 0.368. The first-order valence-electron chi connectivity index (χ1n) is 8.64. The predicted octanol–water partition coefficient (Wildman–Crippen LogP) is 3.27. The minimum Gasteiger partial charge on any atom is -0.494 e. The van der Waals surface area contributed by atoms with Crippen LogP contribution in [0.4, 0.5) is 11.6 Å². The van der Waals surface area contributed by atoms with Crippen molar-refractivity contribution < 1.29 is 19.2 Å². The van der Waals surface area contributed by atoms with Gasteiger partial charge in [0.05, 0.1) is 6.61 Å². The fourth-order valence-corrected chi connectivity index (χ4v) is 2.87. The van der Waals surface area contributed by atoms with E-state index in [2.05, 4.69) is 4.98 Å². The molecule has 1 aromatic heterocycles. The molecule has 0 unspecified atom stereocenters. The maximum absolute atomic E-state index is 12.8. The molecule has 27 heavy (non-hydrogen) atoms. The summed E-state index contributed by atoms with van der Waals surface area (Å²) in [5.41, 5.74) is 0.0328. The first-order chi connectivity index (χ1) is 12.8. The third kappa shape index (κ3) is 3.99. The van der Waals surface area contributed by atoms with Gasteiger partial charge in [0.2, 0.25) is 0 Å². The highest BCUT2D eigenvalue weighted by molar-refractivity contribution is 6.01. The maximum Gasteiger partial charge on any atom is 0.366 e. The number of nitrogens with zero attached hydrogens (tertiary/aromatic N) is 3. The van der Waals surface area contributed by atoms with Crippen molar-refractivity contribution in [2.45, 2.75) is 32.8 Å². The number of benzene rings is 1. The van der Waals surface area contributed by atoms with Crippen molar-refractivity contribution in [1.29, 1.82) is 0 Å². The second-order valence-electron chi connectivity index (χ2n) is 6.84. The number of anilines is 1. The lowest BCUT2D eigenvalue weighted by molar-refractivity contribution is -0.389. The van der Waals surface area contributed by atoms with Gasteiger partial charge < -0.3 is 19.6 Å². The van der Waals surface area contributed by atoms with Crippen LogP contribution in [0, 0.1) is 17.0 Å². The van der Waals surface area contributed by atoms with Crippen molar-refractivity contribution in [1.82, 2.24) is 4.98 Å². The van der Waals surface area contributed by atoms with E-state index in [9.17, 15) is 14.9 Å². The topological polar surface area (TPSA) is 94.8 Å². The molecule has 0 saturated carbocycles. The second-order valence-corrected chi connectivity index (χ2v) is 6.84. The Morgan fingerprint density at radius 2 is 2.07 bits per heavy atom. The number of carbonyl (C=O) groups excluding carboxylic acids is 1. The molecule has 0 radical (unpaired) electrons. The maximum atomic E-state index is 12.8. The van der Waals surface area contributed by atoms with Gasteiger partial charge in [0.15, 0.2) is 11.4 Å². The van der Waals surface area contributed by atoms with Crippen LogP contribution in [-0.4, -0.2) is 34.6 Å². The predicted molar refractivity (Wildman–Crippen MR) is 99.2 cm³/mol. The highest BCUT2D eigenvalue weighted by Crippen LogP contribution is 2.37. The molecule has 1 aliphatic rings. The number of fused-ring (bicyclic) bond motifs is 1. The van der Waals surface area contributed by atoms with Crippen molar-refractivity contribution in [3.05, 3.63) is 52.1 Å². The molecule has 1 amide bonds. The molecule has 1 aromatic carbocycles. The van der Waals surface area contributed by atoms with Gasteiger partial charge >= 0.3 is 5.82 Å². The highest BCUT2D eigenvalue weighted by atomic mass is 16.6. The minimum absolute atomic E-state index is 0.170. The van der Waals surface area contributed by atoms with Gasteiger partial charge in [-0.25, -0.2) is 0 Å². The van der Waals surface area contributed by atoms with E-state index in [0.29, 0.717) is 25.3 Å². The van der Waals surface area contributed by atoms with Crippen LogP contribution in [-0.2, 0) is 4.79 Å². The molecule has 3 rings (SSSR count). The summed E-state index contributed by atoms with van der Waals surface area (Å²) in [7, 11) is 0. The zero-order chi connectivity index (χ0) is 19.6. The number of nitro groups is 1. The summed E-state index contributed by atoms with van der Waals surface area (Å²) in [5.74, 6) is 0.663. The number of amides is 1. The van der Waals surface area contributed by atoms with E-state index >= 15 is 0 Å². The first kappa shape index (κ1) is 18.6. The van der Waals surface area contributed by atoms with E-state index in [1.807, 2.05) is 31.2 Å². The SMILES string of the molecule is Cc1cccc(OCCCN2C(=O)C(C)(C)Oc3ccc([N+](=O)[O-])nc32)c1. The standard InChI is InChI=1S/C19H21N3O5/c1-13-6-4-7-14(12-13)26-11-5-10-21-17-15(27-19(2,3)18(21)23)8-9-16(20-17)22(24)25/h4,6-9,12H,5,10-11H2,1-3H3. The van der Waals surface area contributed by atoms with Gasteiger partial charge in [-0.2, -0.15) is 0 Å². The number of ether oxygens (including phenoxy) is 2. The van der Waals surface area contributed by atoms with Crippen LogP contribution in [0.5, 0.6) is 11.5 Å². The Labute approximate surface area is 156 Å². The Morgan fingerprint density at radius 3 is 2.78 bits per heavy atom. The Balaban J connectivity index is 1.74. The molecule has 0 spiro atoms. The van der Waals surface area contributed by atoms with Crippen LogP contribution in [0.2, 0.25) is 0 Å². The molecular weight excluding hydrogens is 350 g/mol. The Hall–Kier alpha value is -3.16. The molecule has 142 valence electrons. The summed E-state index contributed by atoms with van der Waals surface area (Å²) < 4.78 is 11.4. The number of aromatic nitrogens is 1. The summed E-state index contributed by atoms with van der Waals surface area (Å²) in [6.45, 7) is 6.03. The molecule has 0 aliphatic carbocycles. The van der Waals surface area contributed by atoms with Crippen LogP contribution in [0.1, 0.15) is 25.8 Å². The number of rotatable bonds is 6. The van der Waals surface area contributed by atoms with Gasteiger partial charge in [-0.1, -0.05) is 12.1 Å². The smallest absolute Gasteiger partial charge is 0.366 e. The molecule has 1 aliphatic heterocycles. The van der Waals surface area contributed by atoms with E-state index in [4.69, 9.17) is 9.47 Å².